The molecule has 0 spiro atoms. The number of carbonyl (C=O) groups is 1. The molecule has 1 aromatic heterocycles. The van der Waals surface area contributed by atoms with Gasteiger partial charge in [0.15, 0.2) is 0 Å². The molecule has 2 N–H and O–H groups in total. The van der Waals surface area contributed by atoms with Gasteiger partial charge in [-0.15, -0.1) is 0 Å². The van der Waals surface area contributed by atoms with Crippen LogP contribution < -0.4 is 10.6 Å². The van der Waals surface area contributed by atoms with Gasteiger partial charge in [-0.1, -0.05) is 19.3 Å². The van der Waals surface area contributed by atoms with Crippen molar-refractivity contribution in [3.05, 3.63) is 24.0 Å². The third-order valence-electron chi connectivity index (χ3n) is 3.68. The minimum atomic E-state index is 0.193. The molecule has 1 saturated carbocycles. The van der Waals surface area contributed by atoms with Crippen molar-refractivity contribution >= 4 is 11.6 Å². The molecule has 4 heteroatoms. The molecule has 0 aromatic carbocycles. The summed E-state index contributed by atoms with van der Waals surface area (Å²) in [7, 11) is 1.84. The van der Waals surface area contributed by atoms with Crippen LogP contribution in [0, 0.1) is 5.92 Å². The zero-order valence-corrected chi connectivity index (χ0v) is 10.9. The van der Waals surface area contributed by atoms with Gasteiger partial charge in [0.1, 0.15) is 0 Å². The molecule has 1 aliphatic rings. The van der Waals surface area contributed by atoms with E-state index in [0.717, 1.165) is 24.2 Å². The van der Waals surface area contributed by atoms with Crippen LogP contribution in [-0.4, -0.2) is 17.9 Å². The summed E-state index contributed by atoms with van der Waals surface area (Å²) in [4.78, 5) is 18.3. The molecule has 98 valence electrons. The van der Waals surface area contributed by atoms with Crippen molar-refractivity contribution in [3.63, 3.8) is 0 Å². The van der Waals surface area contributed by atoms with Crippen molar-refractivity contribution in [3.8, 4) is 0 Å². The fourth-order valence-electron chi connectivity index (χ4n) is 2.54. The first-order chi connectivity index (χ1) is 8.72. The molecule has 2 rings (SSSR count). The summed E-state index contributed by atoms with van der Waals surface area (Å²) < 4.78 is 0. The topological polar surface area (TPSA) is 59.2 Å². The molecule has 1 aliphatic carbocycles. The van der Waals surface area contributed by atoms with Gasteiger partial charge in [0, 0.05) is 31.4 Å². The lowest BCUT2D eigenvalue weighted by molar-refractivity contribution is -0.123. The van der Waals surface area contributed by atoms with E-state index >= 15 is 0 Å². The minimum absolute atomic E-state index is 0.193. The molecule has 0 saturated heterocycles. The smallest absolute Gasteiger partial charge is 0.229 e. The highest BCUT2D eigenvalue weighted by molar-refractivity contribution is 5.94. The number of aromatic nitrogens is 1. The molecule has 1 aromatic rings. The fourth-order valence-corrected chi connectivity index (χ4v) is 2.54. The highest BCUT2D eigenvalue weighted by Crippen LogP contribution is 2.26. The Labute approximate surface area is 108 Å². The predicted octanol–water partition coefficient (Wildman–Crippen LogP) is 2.08. The van der Waals surface area contributed by atoms with E-state index in [1.807, 2.05) is 19.2 Å². The summed E-state index contributed by atoms with van der Waals surface area (Å²) in [6.07, 6.45) is 7.38. The molecular formula is C14H21N3O. The number of amides is 1. The second-order valence-corrected chi connectivity index (χ2v) is 4.94. The molecule has 4 nitrogen and oxygen atoms in total. The first kappa shape index (κ1) is 13.0. The molecule has 18 heavy (non-hydrogen) atoms. The van der Waals surface area contributed by atoms with Gasteiger partial charge < -0.3 is 10.6 Å². The number of hydrogen-bond donors (Lipinski definition) is 1. The first-order valence-corrected chi connectivity index (χ1v) is 6.65. The van der Waals surface area contributed by atoms with Gasteiger partial charge in [-0.25, -0.2) is 0 Å². The fraction of sp³-hybridized carbons (Fsp3) is 0.571. The zero-order chi connectivity index (χ0) is 13.0. The van der Waals surface area contributed by atoms with Gasteiger partial charge in [-0.3, -0.25) is 9.78 Å². The molecule has 0 radical (unpaired) electrons. The third kappa shape index (κ3) is 2.88. The first-order valence-electron chi connectivity index (χ1n) is 6.65. The monoisotopic (exact) mass is 247 g/mol. The summed E-state index contributed by atoms with van der Waals surface area (Å²) in [5, 5.41) is 0. The van der Waals surface area contributed by atoms with Crippen LogP contribution in [0.1, 0.15) is 37.8 Å². The SMILES string of the molecule is CN(C(=O)C1CCCCC1)c1ccnc(CN)c1. The number of carbonyl (C=O) groups excluding carboxylic acids is 1. The molecule has 1 amide bonds. The highest BCUT2D eigenvalue weighted by Gasteiger charge is 2.24. The van der Waals surface area contributed by atoms with E-state index in [-0.39, 0.29) is 11.8 Å². The number of anilines is 1. The molecule has 1 heterocycles. The number of hydrogen-bond acceptors (Lipinski definition) is 3. The molecular weight excluding hydrogens is 226 g/mol. The summed E-state index contributed by atoms with van der Waals surface area (Å²) in [5.41, 5.74) is 7.28. The Morgan fingerprint density at radius 2 is 2.17 bits per heavy atom. The summed E-state index contributed by atoms with van der Waals surface area (Å²) in [6.45, 7) is 0.402. The van der Waals surface area contributed by atoms with Gasteiger partial charge in [-0.2, -0.15) is 0 Å². The quantitative estimate of drug-likeness (QED) is 0.889. The van der Waals surface area contributed by atoms with E-state index in [2.05, 4.69) is 4.98 Å². The Kier molecular flexibility index (Phi) is 4.31. The average Bonchev–Trinajstić information content (AvgIpc) is 2.46. The van der Waals surface area contributed by atoms with Crippen molar-refractivity contribution in [1.82, 2.24) is 4.98 Å². The van der Waals surface area contributed by atoms with Crippen molar-refractivity contribution in [1.29, 1.82) is 0 Å². The zero-order valence-electron chi connectivity index (χ0n) is 10.9. The maximum absolute atomic E-state index is 12.4. The lowest BCUT2D eigenvalue weighted by Crippen LogP contribution is -2.34. The van der Waals surface area contributed by atoms with Crippen LogP contribution in [0.5, 0.6) is 0 Å². The van der Waals surface area contributed by atoms with Gasteiger partial charge in [0.2, 0.25) is 5.91 Å². The van der Waals surface area contributed by atoms with Gasteiger partial charge >= 0.3 is 0 Å². The van der Waals surface area contributed by atoms with Crippen LogP contribution >= 0.6 is 0 Å². The van der Waals surface area contributed by atoms with E-state index in [4.69, 9.17) is 5.73 Å². The number of pyridine rings is 1. The van der Waals surface area contributed by atoms with Crippen LogP contribution in [0.25, 0.3) is 0 Å². The summed E-state index contributed by atoms with van der Waals surface area (Å²) >= 11 is 0. The molecule has 0 atom stereocenters. The summed E-state index contributed by atoms with van der Waals surface area (Å²) in [6, 6.07) is 3.75. The molecule has 0 bridgehead atoms. The molecule has 1 fully saturated rings. The van der Waals surface area contributed by atoms with Crippen LogP contribution in [0.4, 0.5) is 5.69 Å². The highest BCUT2D eigenvalue weighted by atomic mass is 16.2. The van der Waals surface area contributed by atoms with Crippen molar-refractivity contribution in [2.24, 2.45) is 11.7 Å². The van der Waals surface area contributed by atoms with Gasteiger partial charge in [-0.05, 0) is 25.0 Å². The van der Waals surface area contributed by atoms with E-state index < -0.39 is 0 Å². The number of nitrogens with two attached hydrogens (primary N) is 1. The van der Waals surface area contributed by atoms with E-state index in [1.165, 1.54) is 19.3 Å². The minimum Gasteiger partial charge on any atom is -0.325 e. The Hall–Kier alpha value is -1.42. The maximum Gasteiger partial charge on any atom is 0.229 e. The summed E-state index contributed by atoms with van der Waals surface area (Å²) in [5.74, 6) is 0.419. The van der Waals surface area contributed by atoms with Crippen LogP contribution in [0.3, 0.4) is 0 Å². The van der Waals surface area contributed by atoms with Crippen LogP contribution in [-0.2, 0) is 11.3 Å². The van der Waals surface area contributed by atoms with Gasteiger partial charge in [0.05, 0.1) is 5.69 Å². The van der Waals surface area contributed by atoms with Crippen molar-refractivity contribution in [2.45, 2.75) is 38.6 Å². The number of rotatable bonds is 3. The predicted molar refractivity (Wildman–Crippen MR) is 72.1 cm³/mol. The van der Waals surface area contributed by atoms with Crippen LogP contribution in [0.15, 0.2) is 18.3 Å². The lowest BCUT2D eigenvalue weighted by atomic mass is 9.88. The maximum atomic E-state index is 12.4. The normalized spacial score (nSPS) is 16.6. The molecule has 0 aliphatic heterocycles. The van der Waals surface area contributed by atoms with Crippen LogP contribution in [0.2, 0.25) is 0 Å². The van der Waals surface area contributed by atoms with Gasteiger partial charge in [0.25, 0.3) is 0 Å². The lowest BCUT2D eigenvalue weighted by Gasteiger charge is -2.26. The largest absolute Gasteiger partial charge is 0.325 e. The second kappa shape index (κ2) is 5.96. The second-order valence-electron chi connectivity index (χ2n) is 4.94. The Balaban J connectivity index is 2.09. The third-order valence-corrected chi connectivity index (χ3v) is 3.68. The van der Waals surface area contributed by atoms with Crippen molar-refractivity contribution in [2.75, 3.05) is 11.9 Å². The Morgan fingerprint density at radius 3 is 2.83 bits per heavy atom. The molecule has 0 unspecified atom stereocenters. The van der Waals surface area contributed by atoms with E-state index in [0.29, 0.717) is 6.54 Å². The van der Waals surface area contributed by atoms with E-state index in [1.54, 1.807) is 11.1 Å². The Morgan fingerprint density at radius 1 is 1.44 bits per heavy atom. The standard InChI is InChI=1S/C14H21N3O/c1-17(13-7-8-16-12(9-13)10-15)14(18)11-5-3-2-4-6-11/h7-9,11H,2-6,10,15H2,1H3. The Bertz CT molecular complexity index is 413. The van der Waals surface area contributed by atoms with Crippen molar-refractivity contribution < 1.29 is 4.79 Å². The van der Waals surface area contributed by atoms with E-state index in [9.17, 15) is 4.79 Å². The average molecular weight is 247 g/mol. The number of nitrogens with zero attached hydrogens (tertiary/aromatic N) is 2.